The van der Waals surface area contributed by atoms with Gasteiger partial charge in [0, 0.05) is 48.7 Å². The number of halogens is 1. The molecule has 0 unspecified atom stereocenters. The predicted octanol–water partition coefficient (Wildman–Crippen LogP) is 4.85. The number of fused-ring (bicyclic) bond motifs is 1. The van der Waals surface area contributed by atoms with Crippen molar-refractivity contribution in [2.45, 2.75) is 18.4 Å². The highest BCUT2D eigenvalue weighted by Crippen LogP contribution is 2.39. The van der Waals surface area contributed by atoms with Crippen LogP contribution in [0.15, 0.2) is 61.1 Å². The van der Waals surface area contributed by atoms with E-state index in [4.69, 9.17) is 26.1 Å². The molecule has 1 aliphatic heterocycles. The van der Waals surface area contributed by atoms with Gasteiger partial charge in [0.25, 0.3) is 0 Å². The normalized spacial score (nSPS) is 15.4. The van der Waals surface area contributed by atoms with E-state index in [-0.39, 0.29) is 0 Å². The molecular formula is C26H25ClN4O3. The van der Waals surface area contributed by atoms with Crippen molar-refractivity contribution in [2.24, 2.45) is 0 Å². The number of hydrogen-bond donors (Lipinski definition) is 1. The van der Waals surface area contributed by atoms with Crippen LogP contribution in [-0.4, -0.2) is 47.4 Å². The fourth-order valence-electron chi connectivity index (χ4n) is 4.52. The number of aromatic nitrogens is 3. The molecule has 7 nitrogen and oxygen atoms in total. The summed E-state index contributed by atoms with van der Waals surface area (Å²) in [4.78, 5) is 15.6. The van der Waals surface area contributed by atoms with Crippen LogP contribution >= 0.6 is 11.6 Å². The molecule has 174 valence electrons. The van der Waals surface area contributed by atoms with E-state index in [1.807, 2.05) is 48.7 Å². The topological polar surface area (TPSA) is 80.6 Å². The summed E-state index contributed by atoms with van der Waals surface area (Å²) in [5.74, 6) is 1.97. The number of ether oxygens (including phenoxy) is 2. The van der Waals surface area contributed by atoms with Crippen LogP contribution in [0.2, 0.25) is 5.02 Å². The van der Waals surface area contributed by atoms with Gasteiger partial charge in [-0.1, -0.05) is 17.7 Å². The van der Waals surface area contributed by atoms with Gasteiger partial charge in [0.2, 0.25) is 0 Å². The van der Waals surface area contributed by atoms with Gasteiger partial charge in [0.1, 0.15) is 11.4 Å². The molecular weight excluding hydrogens is 452 g/mol. The van der Waals surface area contributed by atoms with Gasteiger partial charge in [-0.15, -0.1) is 0 Å². The maximum atomic E-state index is 11.1. The number of aliphatic hydroxyl groups is 1. The van der Waals surface area contributed by atoms with E-state index in [1.54, 1.807) is 26.6 Å². The molecule has 5 rings (SSSR count). The number of anilines is 1. The number of methoxy groups -OCH3 is 2. The molecule has 1 aromatic carbocycles. The van der Waals surface area contributed by atoms with Gasteiger partial charge in [-0.25, -0.2) is 4.98 Å². The molecule has 1 aliphatic rings. The molecule has 0 atom stereocenters. The quantitative estimate of drug-likeness (QED) is 0.441. The van der Waals surface area contributed by atoms with Gasteiger partial charge in [0.05, 0.1) is 30.5 Å². The van der Waals surface area contributed by atoms with Crippen LogP contribution < -0.4 is 14.4 Å². The largest absolute Gasteiger partial charge is 0.493 e. The van der Waals surface area contributed by atoms with Crippen molar-refractivity contribution in [2.75, 3.05) is 32.2 Å². The number of benzene rings is 1. The minimum absolute atomic E-state index is 0.556. The monoisotopic (exact) mass is 476 g/mol. The van der Waals surface area contributed by atoms with Gasteiger partial charge in [-0.05, 0) is 48.7 Å². The lowest BCUT2D eigenvalue weighted by molar-refractivity contribution is 0.00750. The molecule has 1 N–H and O–H groups in total. The lowest BCUT2D eigenvalue weighted by Crippen LogP contribution is -2.43. The molecule has 0 amide bonds. The highest BCUT2D eigenvalue weighted by molar-refractivity contribution is 6.33. The zero-order valence-corrected chi connectivity index (χ0v) is 19.8. The Morgan fingerprint density at radius 2 is 1.71 bits per heavy atom. The van der Waals surface area contributed by atoms with Crippen molar-refractivity contribution in [3.8, 4) is 22.6 Å². The molecule has 34 heavy (non-hydrogen) atoms. The van der Waals surface area contributed by atoms with Gasteiger partial charge < -0.3 is 19.5 Å². The Kier molecular flexibility index (Phi) is 5.98. The van der Waals surface area contributed by atoms with Crippen LogP contribution in [0.4, 0.5) is 5.82 Å². The zero-order chi connectivity index (χ0) is 23.7. The molecule has 0 aliphatic carbocycles. The second-order valence-electron chi connectivity index (χ2n) is 8.35. The van der Waals surface area contributed by atoms with E-state index in [0.717, 1.165) is 22.0 Å². The summed E-state index contributed by atoms with van der Waals surface area (Å²) >= 11 is 6.72. The Hall–Kier alpha value is -3.42. The van der Waals surface area contributed by atoms with Crippen LogP contribution in [0.5, 0.6) is 11.5 Å². The van der Waals surface area contributed by atoms with Gasteiger partial charge >= 0.3 is 0 Å². The van der Waals surface area contributed by atoms with Crippen molar-refractivity contribution >= 4 is 28.3 Å². The summed E-state index contributed by atoms with van der Waals surface area (Å²) in [6.45, 7) is 1.27. The van der Waals surface area contributed by atoms with Crippen LogP contribution in [-0.2, 0) is 5.60 Å². The Morgan fingerprint density at radius 1 is 0.941 bits per heavy atom. The molecule has 1 saturated heterocycles. The molecule has 1 fully saturated rings. The number of piperidine rings is 1. The maximum absolute atomic E-state index is 11.1. The Morgan fingerprint density at radius 3 is 2.38 bits per heavy atom. The number of pyridine rings is 3. The minimum Gasteiger partial charge on any atom is -0.493 e. The standard InChI is InChI=1S/C26H25ClN4O3/c1-33-22-14-19-18(6-10-28-21(19)15-23(22)34-2)17-13-20(27)25(30-16-17)31-11-7-26(32,8-12-31)24-5-3-4-9-29-24/h3-6,9-10,13-16,32H,7-8,11-12H2,1-2H3. The molecule has 3 aromatic heterocycles. The van der Waals surface area contributed by atoms with Crippen molar-refractivity contribution in [3.63, 3.8) is 0 Å². The lowest BCUT2D eigenvalue weighted by Gasteiger charge is -2.38. The summed E-state index contributed by atoms with van der Waals surface area (Å²) in [7, 11) is 3.22. The summed E-state index contributed by atoms with van der Waals surface area (Å²) in [5.41, 5.74) is 2.41. The van der Waals surface area contributed by atoms with E-state index >= 15 is 0 Å². The SMILES string of the molecule is COc1cc2nccc(-c3cnc(N4CCC(O)(c5ccccn5)CC4)c(Cl)c3)c2cc1OC. The van der Waals surface area contributed by atoms with Crippen molar-refractivity contribution in [1.29, 1.82) is 0 Å². The van der Waals surface area contributed by atoms with E-state index in [1.165, 1.54) is 0 Å². The van der Waals surface area contributed by atoms with Crippen molar-refractivity contribution in [3.05, 3.63) is 71.8 Å². The van der Waals surface area contributed by atoms with Crippen LogP contribution in [0.1, 0.15) is 18.5 Å². The molecule has 0 spiro atoms. The molecule has 0 bridgehead atoms. The van der Waals surface area contributed by atoms with Crippen LogP contribution in [0, 0.1) is 0 Å². The second kappa shape index (κ2) is 9.08. The lowest BCUT2D eigenvalue weighted by atomic mass is 9.88. The fraction of sp³-hybridized carbons (Fsp3) is 0.269. The summed E-state index contributed by atoms with van der Waals surface area (Å²) < 4.78 is 10.9. The summed E-state index contributed by atoms with van der Waals surface area (Å²) in [6, 6.07) is 13.3. The van der Waals surface area contributed by atoms with Crippen molar-refractivity contribution < 1.29 is 14.6 Å². The molecule has 4 aromatic rings. The summed E-state index contributed by atoms with van der Waals surface area (Å²) in [6.07, 6.45) is 6.41. The third-order valence-corrected chi connectivity index (χ3v) is 6.69. The Balaban J connectivity index is 1.42. The van der Waals surface area contributed by atoms with E-state index in [2.05, 4.69) is 14.9 Å². The third-order valence-electron chi connectivity index (χ3n) is 6.41. The number of nitrogens with zero attached hydrogens (tertiary/aromatic N) is 4. The van der Waals surface area contributed by atoms with Gasteiger partial charge in [-0.3, -0.25) is 9.97 Å². The minimum atomic E-state index is -0.930. The molecule has 0 radical (unpaired) electrons. The first-order valence-electron chi connectivity index (χ1n) is 11.1. The average molecular weight is 477 g/mol. The van der Waals surface area contributed by atoms with Crippen LogP contribution in [0.3, 0.4) is 0 Å². The van der Waals surface area contributed by atoms with E-state index < -0.39 is 5.60 Å². The molecule has 0 saturated carbocycles. The molecule has 8 heteroatoms. The van der Waals surface area contributed by atoms with E-state index in [0.29, 0.717) is 54.0 Å². The first-order chi connectivity index (χ1) is 16.5. The highest BCUT2D eigenvalue weighted by atomic mass is 35.5. The smallest absolute Gasteiger partial charge is 0.162 e. The average Bonchev–Trinajstić information content (AvgIpc) is 2.88. The van der Waals surface area contributed by atoms with Gasteiger partial charge in [-0.2, -0.15) is 0 Å². The molecule has 4 heterocycles. The first kappa shape index (κ1) is 22.4. The first-order valence-corrected chi connectivity index (χ1v) is 11.5. The summed E-state index contributed by atoms with van der Waals surface area (Å²) in [5, 5.41) is 12.6. The van der Waals surface area contributed by atoms with E-state index in [9.17, 15) is 5.11 Å². The number of rotatable bonds is 5. The third kappa shape index (κ3) is 4.02. The highest BCUT2D eigenvalue weighted by Gasteiger charge is 2.36. The zero-order valence-electron chi connectivity index (χ0n) is 19.0. The van der Waals surface area contributed by atoms with Crippen LogP contribution in [0.25, 0.3) is 22.0 Å². The maximum Gasteiger partial charge on any atom is 0.162 e. The Bertz CT molecular complexity index is 1320. The predicted molar refractivity (Wildman–Crippen MR) is 133 cm³/mol. The number of hydrogen-bond acceptors (Lipinski definition) is 7. The van der Waals surface area contributed by atoms with Crippen molar-refractivity contribution in [1.82, 2.24) is 15.0 Å². The fourth-order valence-corrected chi connectivity index (χ4v) is 4.80. The second-order valence-corrected chi connectivity index (χ2v) is 8.75. The Labute approximate surface area is 203 Å². The van der Waals surface area contributed by atoms with Gasteiger partial charge in [0.15, 0.2) is 11.5 Å².